The Morgan fingerprint density at radius 1 is 1.16 bits per heavy atom. The molecule has 1 fully saturated rings. The molecule has 1 aliphatic heterocycles. The van der Waals surface area contributed by atoms with Gasteiger partial charge < -0.3 is 20.3 Å². The van der Waals surface area contributed by atoms with Gasteiger partial charge in [0, 0.05) is 31.4 Å². The summed E-state index contributed by atoms with van der Waals surface area (Å²) in [5.74, 6) is 0.401. The Balaban J connectivity index is 1.47. The standard InChI is InChI=1S/C21H24N8O2S/c1-11-7-28(8-12(2)22-11)15-6-5-14(17-18(15)27-32-26-17)20(30)24-16-10-29-9-13(3)23-19(29)21(25-16)31-4/h5-6,9-12,22H,7-8H2,1-4H3,(H,24,30)/t11-,12-/m1/s1. The maximum Gasteiger partial charge on any atom is 0.260 e. The number of methoxy groups -OCH3 is 1. The van der Waals surface area contributed by atoms with Crippen LogP contribution in [0, 0.1) is 6.92 Å². The molecule has 0 unspecified atom stereocenters. The zero-order valence-corrected chi connectivity index (χ0v) is 19.1. The molecule has 10 nitrogen and oxygen atoms in total. The smallest absolute Gasteiger partial charge is 0.260 e. The second-order valence-corrected chi connectivity index (χ2v) is 8.70. The van der Waals surface area contributed by atoms with Crippen molar-refractivity contribution in [2.45, 2.75) is 32.9 Å². The van der Waals surface area contributed by atoms with Gasteiger partial charge in [0.15, 0.2) is 5.82 Å². The van der Waals surface area contributed by atoms with E-state index in [1.165, 1.54) is 7.11 Å². The van der Waals surface area contributed by atoms with Gasteiger partial charge in [0.2, 0.25) is 5.65 Å². The molecule has 1 saturated heterocycles. The molecule has 4 heterocycles. The summed E-state index contributed by atoms with van der Waals surface area (Å²) in [4.78, 5) is 24.2. The van der Waals surface area contributed by atoms with Crippen molar-refractivity contribution in [2.24, 2.45) is 0 Å². The summed E-state index contributed by atoms with van der Waals surface area (Å²) in [6, 6.07) is 4.50. The predicted octanol–water partition coefficient (Wildman–Crippen LogP) is 2.49. The van der Waals surface area contributed by atoms with Crippen molar-refractivity contribution in [3.8, 4) is 5.88 Å². The molecule has 166 valence electrons. The summed E-state index contributed by atoms with van der Waals surface area (Å²) < 4.78 is 16.1. The van der Waals surface area contributed by atoms with E-state index in [9.17, 15) is 4.79 Å². The number of nitrogens with zero attached hydrogens (tertiary/aromatic N) is 6. The Kier molecular flexibility index (Phi) is 5.14. The number of rotatable bonds is 4. The molecule has 0 radical (unpaired) electrons. The summed E-state index contributed by atoms with van der Waals surface area (Å²) in [7, 11) is 1.53. The number of hydrogen-bond donors (Lipinski definition) is 2. The monoisotopic (exact) mass is 452 g/mol. The molecule has 32 heavy (non-hydrogen) atoms. The summed E-state index contributed by atoms with van der Waals surface area (Å²) in [5.41, 5.74) is 4.22. The molecule has 1 aliphatic rings. The Labute approximate surface area is 189 Å². The van der Waals surface area contributed by atoms with Crippen LogP contribution in [0.15, 0.2) is 24.5 Å². The minimum Gasteiger partial charge on any atom is -0.478 e. The predicted molar refractivity (Wildman–Crippen MR) is 124 cm³/mol. The van der Waals surface area contributed by atoms with Crippen LogP contribution in [0.1, 0.15) is 29.9 Å². The van der Waals surface area contributed by atoms with Crippen molar-refractivity contribution < 1.29 is 9.53 Å². The van der Waals surface area contributed by atoms with E-state index < -0.39 is 0 Å². The molecule has 11 heteroatoms. The van der Waals surface area contributed by atoms with Crippen molar-refractivity contribution in [3.05, 3.63) is 35.8 Å². The second-order valence-electron chi connectivity index (χ2n) is 8.17. The minimum atomic E-state index is -0.304. The lowest BCUT2D eigenvalue weighted by Gasteiger charge is -2.37. The number of imidazole rings is 1. The molecule has 0 bridgehead atoms. The number of ether oxygens (including phenoxy) is 1. The van der Waals surface area contributed by atoms with Gasteiger partial charge in [0.05, 0.1) is 42.0 Å². The fourth-order valence-corrected chi connectivity index (χ4v) is 4.86. The average Bonchev–Trinajstić information content (AvgIpc) is 3.37. The van der Waals surface area contributed by atoms with Crippen LogP contribution >= 0.6 is 11.7 Å². The first-order valence-corrected chi connectivity index (χ1v) is 11.1. The molecule has 0 aliphatic carbocycles. The first-order chi connectivity index (χ1) is 15.4. The van der Waals surface area contributed by atoms with Gasteiger partial charge in [-0.05, 0) is 32.9 Å². The number of amides is 1. The van der Waals surface area contributed by atoms with E-state index in [-0.39, 0.29) is 5.91 Å². The van der Waals surface area contributed by atoms with E-state index in [0.29, 0.717) is 40.5 Å². The number of hydrogen-bond acceptors (Lipinski definition) is 9. The first kappa shape index (κ1) is 20.6. The van der Waals surface area contributed by atoms with E-state index in [1.807, 2.05) is 25.3 Å². The minimum absolute atomic E-state index is 0.304. The lowest BCUT2D eigenvalue weighted by molar-refractivity contribution is 0.102. The van der Waals surface area contributed by atoms with Gasteiger partial charge in [0.25, 0.3) is 11.8 Å². The third-order valence-corrected chi connectivity index (χ3v) is 6.03. The summed E-state index contributed by atoms with van der Waals surface area (Å²) in [5, 5.41) is 6.40. The third kappa shape index (κ3) is 3.63. The number of carbonyl (C=O) groups is 1. The van der Waals surface area contributed by atoms with Crippen LogP contribution in [0.2, 0.25) is 0 Å². The van der Waals surface area contributed by atoms with Crippen LogP contribution in [-0.2, 0) is 0 Å². The molecular weight excluding hydrogens is 428 g/mol. The lowest BCUT2D eigenvalue weighted by atomic mass is 10.1. The number of benzene rings is 1. The molecule has 0 saturated carbocycles. The lowest BCUT2D eigenvalue weighted by Crippen LogP contribution is -2.54. The molecule has 5 rings (SSSR count). The fraction of sp³-hybridized carbons (Fsp3) is 0.381. The van der Waals surface area contributed by atoms with Crippen molar-refractivity contribution in [3.63, 3.8) is 0 Å². The van der Waals surface area contributed by atoms with Gasteiger partial charge in [-0.1, -0.05) is 0 Å². The van der Waals surface area contributed by atoms with Gasteiger partial charge in [-0.25, -0.2) is 4.98 Å². The third-order valence-electron chi connectivity index (χ3n) is 5.50. The number of aromatic nitrogens is 5. The number of carbonyl (C=O) groups excluding carboxylic acids is 1. The molecule has 2 N–H and O–H groups in total. The molecule has 1 amide bonds. The molecule has 4 aromatic rings. The van der Waals surface area contributed by atoms with Crippen molar-refractivity contribution in [1.29, 1.82) is 0 Å². The van der Waals surface area contributed by atoms with Crippen molar-refractivity contribution >= 4 is 45.8 Å². The van der Waals surface area contributed by atoms with Gasteiger partial charge in [-0.15, -0.1) is 0 Å². The van der Waals surface area contributed by atoms with Crippen LogP contribution < -0.4 is 20.3 Å². The summed E-state index contributed by atoms with van der Waals surface area (Å²) in [6.45, 7) is 7.97. The summed E-state index contributed by atoms with van der Waals surface area (Å²) in [6.07, 6.45) is 3.56. The second kappa shape index (κ2) is 7.99. The van der Waals surface area contributed by atoms with E-state index in [4.69, 9.17) is 4.74 Å². The number of nitrogens with one attached hydrogen (secondary N) is 2. The SMILES string of the molecule is COc1nc(NC(=O)c2ccc(N3C[C@@H](C)N[C@H](C)C3)c3nsnc23)cn2cc(C)nc12. The topological polar surface area (TPSA) is 110 Å². The quantitative estimate of drug-likeness (QED) is 0.486. The molecule has 2 atom stereocenters. The highest BCUT2D eigenvalue weighted by molar-refractivity contribution is 7.00. The van der Waals surface area contributed by atoms with Crippen molar-refractivity contribution in [1.82, 2.24) is 28.4 Å². The first-order valence-electron chi connectivity index (χ1n) is 10.4. The Morgan fingerprint density at radius 3 is 2.66 bits per heavy atom. The normalized spacial score (nSPS) is 18.9. The van der Waals surface area contributed by atoms with E-state index >= 15 is 0 Å². The highest BCUT2D eigenvalue weighted by Crippen LogP contribution is 2.30. The highest BCUT2D eigenvalue weighted by atomic mass is 32.1. The Hall–Kier alpha value is -3.31. The van der Waals surface area contributed by atoms with Gasteiger partial charge in [0.1, 0.15) is 11.0 Å². The van der Waals surface area contributed by atoms with E-state index in [0.717, 1.165) is 41.7 Å². The Morgan fingerprint density at radius 2 is 1.91 bits per heavy atom. The van der Waals surface area contributed by atoms with Gasteiger partial charge >= 0.3 is 0 Å². The number of anilines is 2. The molecule has 1 aromatic carbocycles. The Bertz CT molecular complexity index is 1310. The number of piperazine rings is 1. The summed E-state index contributed by atoms with van der Waals surface area (Å²) >= 11 is 1.11. The number of aryl methyl sites for hydroxylation is 1. The average molecular weight is 453 g/mol. The molecule has 0 spiro atoms. The maximum absolute atomic E-state index is 13.2. The maximum atomic E-state index is 13.2. The van der Waals surface area contributed by atoms with E-state index in [1.54, 1.807) is 10.6 Å². The highest BCUT2D eigenvalue weighted by Gasteiger charge is 2.25. The van der Waals surface area contributed by atoms with Crippen molar-refractivity contribution in [2.75, 3.05) is 30.4 Å². The van der Waals surface area contributed by atoms with Crippen LogP contribution in [0.25, 0.3) is 16.7 Å². The van der Waals surface area contributed by atoms with Crippen LogP contribution in [0.4, 0.5) is 11.5 Å². The largest absolute Gasteiger partial charge is 0.478 e. The van der Waals surface area contributed by atoms with E-state index in [2.05, 4.69) is 48.1 Å². The zero-order chi connectivity index (χ0) is 22.4. The van der Waals surface area contributed by atoms with Crippen LogP contribution in [-0.4, -0.2) is 61.3 Å². The van der Waals surface area contributed by atoms with Crippen LogP contribution in [0.3, 0.4) is 0 Å². The van der Waals surface area contributed by atoms with Crippen LogP contribution in [0.5, 0.6) is 5.88 Å². The van der Waals surface area contributed by atoms with Gasteiger partial charge in [-0.3, -0.25) is 9.20 Å². The molecule has 3 aromatic heterocycles. The molecular formula is C21H24N8O2S. The fourth-order valence-electron chi connectivity index (χ4n) is 4.29. The number of fused-ring (bicyclic) bond motifs is 2. The zero-order valence-electron chi connectivity index (χ0n) is 18.3. The van der Waals surface area contributed by atoms with Gasteiger partial charge in [-0.2, -0.15) is 13.7 Å².